The molecule has 2 rings (SSSR count). The van der Waals surface area contributed by atoms with E-state index in [2.05, 4.69) is 48.3 Å². The average molecular weight is 325 g/mol. The predicted octanol–water partition coefficient (Wildman–Crippen LogP) is 2.96. The van der Waals surface area contributed by atoms with Crippen LogP contribution in [0.5, 0.6) is 0 Å². The SMILES string of the molecule is CCN(CC)C(CNCc1cccc(C(N)=O)c1)c1ccccc1. The summed E-state index contributed by atoms with van der Waals surface area (Å²) in [6.07, 6.45) is 0. The zero-order chi connectivity index (χ0) is 17.4. The van der Waals surface area contributed by atoms with Crippen LogP contribution < -0.4 is 11.1 Å². The monoisotopic (exact) mass is 325 g/mol. The molecule has 128 valence electrons. The fraction of sp³-hybridized carbons (Fsp3) is 0.350. The molecule has 0 saturated carbocycles. The Balaban J connectivity index is 2.03. The van der Waals surface area contributed by atoms with Gasteiger partial charge in [-0.05, 0) is 36.3 Å². The molecule has 1 unspecified atom stereocenters. The number of likely N-dealkylation sites (N-methyl/N-ethyl adjacent to an activating group) is 1. The highest BCUT2D eigenvalue weighted by Gasteiger charge is 2.17. The highest BCUT2D eigenvalue weighted by molar-refractivity contribution is 5.92. The number of amides is 1. The third kappa shape index (κ3) is 4.91. The minimum Gasteiger partial charge on any atom is -0.366 e. The normalized spacial score (nSPS) is 12.3. The lowest BCUT2D eigenvalue weighted by Gasteiger charge is -2.30. The van der Waals surface area contributed by atoms with Gasteiger partial charge < -0.3 is 11.1 Å². The van der Waals surface area contributed by atoms with Crippen molar-refractivity contribution in [2.24, 2.45) is 5.73 Å². The van der Waals surface area contributed by atoms with Crippen LogP contribution in [-0.2, 0) is 6.54 Å². The molecule has 3 N–H and O–H groups in total. The summed E-state index contributed by atoms with van der Waals surface area (Å²) in [5.74, 6) is -0.387. The number of hydrogen-bond donors (Lipinski definition) is 2. The van der Waals surface area contributed by atoms with Crippen LogP contribution in [0.3, 0.4) is 0 Å². The smallest absolute Gasteiger partial charge is 0.248 e. The number of benzene rings is 2. The Bertz CT molecular complexity index is 638. The maximum absolute atomic E-state index is 11.3. The van der Waals surface area contributed by atoms with Crippen LogP contribution in [0.25, 0.3) is 0 Å². The first-order valence-electron chi connectivity index (χ1n) is 8.54. The van der Waals surface area contributed by atoms with Crippen molar-refractivity contribution in [2.45, 2.75) is 26.4 Å². The number of carbonyl (C=O) groups excluding carboxylic acids is 1. The van der Waals surface area contributed by atoms with E-state index in [4.69, 9.17) is 5.73 Å². The van der Waals surface area contributed by atoms with Gasteiger partial charge in [0.25, 0.3) is 0 Å². The van der Waals surface area contributed by atoms with Gasteiger partial charge in [-0.3, -0.25) is 9.69 Å². The first-order valence-corrected chi connectivity index (χ1v) is 8.54. The van der Waals surface area contributed by atoms with Crippen LogP contribution in [0.4, 0.5) is 0 Å². The molecular weight excluding hydrogens is 298 g/mol. The minimum absolute atomic E-state index is 0.334. The molecule has 0 aliphatic rings. The van der Waals surface area contributed by atoms with Crippen LogP contribution >= 0.6 is 0 Å². The Morgan fingerprint density at radius 3 is 2.42 bits per heavy atom. The van der Waals surface area contributed by atoms with E-state index in [1.54, 1.807) is 6.07 Å². The van der Waals surface area contributed by atoms with Crippen LogP contribution in [0.1, 0.15) is 41.4 Å². The Morgan fingerprint density at radius 2 is 1.79 bits per heavy atom. The Labute approximate surface area is 144 Å². The average Bonchev–Trinajstić information content (AvgIpc) is 2.62. The molecule has 0 aliphatic carbocycles. The summed E-state index contributed by atoms with van der Waals surface area (Å²) in [4.78, 5) is 13.7. The first-order chi connectivity index (χ1) is 11.7. The summed E-state index contributed by atoms with van der Waals surface area (Å²) in [7, 11) is 0. The van der Waals surface area contributed by atoms with E-state index >= 15 is 0 Å². The zero-order valence-electron chi connectivity index (χ0n) is 14.5. The van der Waals surface area contributed by atoms with Gasteiger partial charge in [0.05, 0.1) is 0 Å². The number of nitrogens with two attached hydrogens (primary N) is 1. The van der Waals surface area contributed by atoms with Crippen LogP contribution in [0.2, 0.25) is 0 Å². The van der Waals surface area contributed by atoms with Crippen LogP contribution in [-0.4, -0.2) is 30.4 Å². The van der Waals surface area contributed by atoms with Crippen molar-refractivity contribution in [2.75, 3.05) is 19.6 Å². The van der Waals surface area contributed by atoms with E-state index in [1.165, 1.54) is 5.56 Å². The van der Waals surface area contributed by atoms with Crippen molar-refractivity contribution in [1.82, 2.24) is 10.2 Å². The molecule has 4 nitrogen and oxygen atoms in total. The van der Waals surface area contributed by atoms with E-state index in [9.17, 15) is 4.79 Å². The van der Waals surface area contributed by atoms with Gasteiger partial charge in [-0.25, -0.2) is 0 Å². The summed E-state index contributed by atoms with van der Waals surface area (Å²) in [5, 5.41) is 3.52. The molecule has 2 aromatic rings. The number of nitrogens with zero attached hydrogens (tertiary/aromatic N) is 1. The number of hydrogen-bond acceptors (Lipinski definition) is 3. The van der Waals surface area contributed by atoms with Gasteiger partial charge in [-0.2, -0.15) is 0 Å². The molecular formula is C20H27N3O. The largest absolute Gasteiger partial charge is 0.366 e. The van der Waals surface area contributed by atoms with Gasteiger partial charge in [0, 0.05) is 24.7 Å². The minimum atomic E-state index is -0.387. The molecule has 0 fully saturated rings. The van der Waals surface area contributed by atoms with Crippen LogP contribution in [0.15, 0.2) is 54.6 Å². The van der Waals surface area contributed by atoms with Gasteiger partial charge in [-0.1, -0.05) is 56.3 Å². The topological polar surface area (TPSA) is 58.4 Å². The Morgan fingerprint density at radius 1 is 1.08 bits per heavy atom. The molecule has 0 spiro atoms. The summed E-state index contributed by atoms with van der Waals surface area (Å²) < 4.78 is 0. The number of rotatable bonds is 9. The lowest BCUT2D eigenvalue weighted by Crippen LogP contribution is -2.35. The van der Waals surface area contributed by atoms with Gasteiger partial charge in [0.15, 0.2) is 0 Å². The molecule has 0 heterocycles. The maximum atomic E-state index is 11.3. The fourth-order valence-corrected chi connectivity index (χ4v) is 2.99. The zero-order valence-corrected chi connectivity index (χ0v) is 14.5. The molecule has 0 saturated heterocycles. The summed E-state index contributed by atoms with van der Waals surface area (Å²) in [6.45, 7) is 7.97. The van der Waals surface area contributed by atoms with E-state index < -0.39 is 0 Å². The second kappa shape index (κ2) is 9.21. The van der Waals surface area contributed by atoms with Gasteiger partial charge in [0.1, 0.15) is 0 Å². The number of primary amides is 1. The third-order valence-electron chi connectivity index (χ3n) is 4.32. The molecule has 0 radical (unpaired) electrons. The first kappa shape index (κ1) is 18.2. The Kier molecular flexibility index (Phi) is 6.97. The van der Waals surface area contributed by atoms with Crippen LogP contribution in [0, 0.1) is 0 Å². The Hall–Kier alpha value is -2.17. The quantitative estimate of drug-likeness (QED) is 0.745. The molecule has 4 heteroatoms. The molecule has 0 aromatic heterocycles. The molecule has 24 heavy (non-hydrogen) atoms. The van der Waals surface area contributed by atoms with Crippen molar-refractivity contribution >= 4 is 5.91 Å². The summed E-state index contributed by atoms with van der Waals surface area (Å²) in [5.41, 5.74) is 8.29. The van der Waals surface area contributed by atoms with Crippen molar-refractivity contribution in [3.63, 3.8) is 0 Å². The molecule has 1 amide bonds. The lowest BCUT2D eigenvalue weighted by atomic mass is 10.0. The van der Waals surface area contributed by atoms with Gasteiger partial charge in [-0.15, -0.1) is 0 Å². The fourth-order valence-electron chi connectivity index (χ4n) is 2.99. The third-order valence-corrected chi connectivity index (χ3v) is 4.32. The standard InChI is InChI=1S/C20H27N3O/c1-3-23(4-2)19(17-10-6-5-7-11-17)15-22-14-16-9-8-12-18(13-16)20(21)24/h5-13,19,22H,3-4,14-15H2,1-2H3,(H2,21,24). The highest BCUT2D eigenvalue weighted by Crippen LogP contribution is 2.19. The lowest BCUT2D eigenvalue weighted by molar-refractivity contribution is 0.1000. The second-order valence-corrected chi connectivity index (χ2v) is 5.84. The summed E-state index contributed by atoms with van der Waals surface area (Å²) >= 11 is 0. The van der Waals surface area contributed by atoms with E-state index in [1.807, 2.05) is 24.3 Å². The van der Waals surface area contributed by atoms with Gasteiger partial charge in [0.2, 0.25) is 5.91 Å². The van der Waals surface area contributed by atoms with E-state index in [0.29, 0.717) is 18.2 Å². The molecule has 0 bridgehead atoms. The maximum Gasteiger partial charge on any atom is 0.248 e. The van der Waals surface area contributed by atoms with Crippen molar-refractivity contribution in [3.05, 3.63) is 71.3 Å². The summed E-state index contributed by atoms with van der Waals surface area (Å²) in [6, 6.07) is 18.4. The number of nitrogens with one attached hydrogen (secondary N) is 1. The van der Waals surface area contributed by atoms with Crippen molar-refractivity contribution in [1.29, 1.82) is 0 Å². The number of carbonyl (C=O) groups is 1. The van der Waals surface area contributed by atoms with E-state index in [-0.39, 0.29) is 5.91 Å². The molecule has 0 aliphatic heterocycles. The van der Waals surface area contributed by atoms with E-state index in [0.717, 1.165) is 25.2 Å². The predicted molar refractivity (Wildman–Crippen MR) is 98.8 cm³/mol. The highest BCUT2D eigenvalue weighted by atomic mass is 16.1. The molecule has 1 atom stereocenters. The molecule has 2 aromatic carbocycles. The van der Waals surface area contributed by atoms with Gasteiger partial charge >= 0.3 is 0 Å². The van der Waals surface area contributed by atoms with Crippen molar-refractivity contribution in [3.8, 4) is 0 Å². The second-order valence-electron chi connectivity index (χ2n) is 5.84. The van der Waals surface area contributed by atoms with Crippen molar-refractivity contribution < 1.29 is 4.79 Å².